The van der Waals surface area contributed by atoms with Crippen molar-refractivity contribution in [3.63, 3.8) is 0 Å². The van der Waals surface area contributed by atoms with Crippen molar-refractivity contribution in [2.24, 2.45) is 0 Å². The molecule has 3 aromatic rings. The van der Waals surface area contributed by atoms with Crippen molar-refractivity contribution in [1.29, 1.82) is 0 Å². The van der Waals surface area contributed by atoms with E-state index in [1.807, 2.05) is 38.1 Å². The summed E-state index contributed by atoms with van der Waals surface area (Å²) in [4.78, 5) is 11.2. The summed E-state index contributed by atoms with van der Waals surface area (Å²) in [5, 5.41) is 30.4. The van der Waals surface area contributed by atoms with E-state index in [-0.39, 0.29) is 11.3 Å². The second kappa shape index (κ2) is 10.2. The molecule has 0 radical (unpaired) electrons. The average Bonchev–Trinajstić information content (AvgIpc) is 2.79. The van der Waals surface area contributed by atoms with Crippen LogP contribution in [0.1, 0.15) is 64.5 Å². The number of carboxylic acid groups (broad SMARTS) is 1. The molecule has 0 aliphatic heterocycles. The van der Waals surface area contributed by atoms with E-state index in [0.717, 1.165) is 28.7 Å². The maximum atomic E-state index is 11.2. The van der Waals surface area contributed by atoms with Gasteiger partial charge in [-0.1, -0.05) is 56.3 Å². The van der Waals surface area contributed by atoms with Gasteiger partial charge in [-0.05, 0) is 59.9 Å². The fourth-order valence-corrected chi connectivity index (χ4v) is 3.58. The molecule has 0 fully saturated rings. The molecule has 0 aromatic heterocycles. The van der Waals surface area contributed by atoms with Crippen LogP contribution in [0.15, 0.2) is 67.2 Å². The average molecular weight is 433 g/mol. The zero-order valence-electron chi connectivity index (χ0n) is 18.3. The van der Waals surface area contributed by atoms with Gasteiger partial charge in [0.1, 0.15) is 24.2 Å². The summed E-state index contributed by atoms with van der Waals surface area (Å²) < 4.78 is 6.00. The van der Waals surface area contributed by atoms with E-state index >= 15 is 0 Å². The molecule has 0 aliphatic carbocycles. The predicted octanol–water partition coefficient (Wildman–Crippen LogP) is 5.74. The van der Waals surface area contributed by atoms with Crippen LogP contribution in [0.4, 0.5) is 0 Å². The quantitative estimate of drug-likeness (QED) is 0.402. The Morgan fingerprint density at radius 2 is 1.78 bits per heavy atom. The van der Waals surface area contributed by atoms with Crippen molar-refractivity contribution in [1.82, 2.24) is 0 Å². The van der Waals surface area contributed by atoms with Crippen LogP contribution in [0.2, 0.25) is 0 Å². The Kier molecular flexibility index (Phi) is 7.33. The van der Waals surface area contributed by atoms with Crippen LogP contribution >= 0.6 is 0 Å². The van der Waals surface area contributed by atoms with Crippen LogP contribution in [-0.2, 0) is 13.0 Å². The maximum absolute atomic E-state index is 11.2. The summed E-state index contributed by atoms with van der Waals surface area (Å²) >= 11 is 0. The Bertz CT molecular complexity index is 1120. The summed E-state index contributed by atoms with van der Waals surface area (Å²) in [5.41, 5.74) is 4.53. The van der Waals surface area contributed by atoms with Gasteiger partial charge in [0.05, 0.1) is 5.56 Å². The van der Waals surface area contributed by atoms with Crippen molar-refractivity contribution in [2.75, 3.05) is 0 Å². The highest BCUT2D eigenvalue weighted by Gasteiger charge is 2.15. The molecule has 3 aromatic carbocycles. The van der Waals surface area contributed by atoms with Gasteiger partial charge in [-0.3, -0.25) is 0 Å². The minimum atomic E-state index is -1.03. The van der Waals surface area contributed by atoms with Gasteiger partial charge in [0.2, 0.25) is 0 Å². The molecule has 0 bridgehead atoms. The van der Waals surface area contributed by atoms with Gasteiger partial charge in [-0.15, -0.1) is 0 Å². The second-order valence-corrected chi connectivity index (χ2v) is 7.83. The molecule has 0 aliphatic rings. The number of ether oxygens (including phenoxy) is 1. The minimum absolute atomic E-state index is 0.135. The molecule has 0 amide bonds. The number of aliphatic hydroxyl groups excluding tert-OH is 1. The number of aromatic carboxylic acids is 1. The zero-order valence-corrected chi connectivity index (χ0v) is 18.3. The molecule has 5 nitrogen and oxygen atoms in total. The van der Waals surface area contributed by atoms with Gasteiger partial charge >= 0.3 is 5.97 Å². The topological polar surface area (TPSA) is 87.0 Å². The fraction of sp³-hybridized carbons (Fsp3) is 0.222. The van der Waals surface area contributed by atoms with Crippen LogP contribution < -0.4 is 4.74 Å². The van der Waals surface area contributed by atoms with Crippen molar-refractivity contribution in [3.05, 3.63) is 101 Å². The molecule has 0 saturated carbocycles. The van der Waals surface area contributed by atoms with E-state index in [2.05, 4.69) is 6.58 Å². The Balaban J connectivity index is 1.74. The molecule has 5 heteroatoms. The lowest BCUT2D eigenvalue weighted by Crippen LogP contribution is -2.04. The van der Waals surface area contributed by atoms with Crippen molar-refractivity contribution < 1.29 is 24.9 Å². The van der Waals surface area contributed by atoms with Crippen LogP contribution in [0.5, 0.6) is 11.5 Å². The lowest BCUT2D eigenvalue weighted by atomic mass is 9.99. The minimum Gasteiger partial charge on any atom is -0.507 e. The fourth-order valence-electron chi connectivity index (χ4n) is 3.58. The van der Waals surface area contributed by atoms with E-state index in [0.29, 0.717) is 29.9 Å². The molecule has 0 spiro atoms. The molecule has 3 N–H and O–H groups in total. The Hall–Kier alpha value is -3.57. The first-order valence-electron chi connectivity index (χ1n) is 10.6. The molecular weight excluding hydrogens is 404 g/mol. The number of phenols is 1. The highest BCUT2D eigenvalue weighted by Crippen LogP contribution is 2.36. The van der Waals surface area contributed by atoms with E-state index < -0.39 is 12.1 Å². The number of carboxylic acids is 1. The molecule has 0 heterocycles. The van der Waals surface area contributed by atoms with E-state index in [4.69, 9.17) is 9.84 Å². The SMILES string of the molecule is C=C(C)c1ccc(OCc2ccc([C@H](O)c3cccc(C(=O)O)c3)cc2)c(CCC)c1O. The predicted molar refractivity (Wildman–Crippen MR) is 125 cm³/mol. The third-order valence-electron chi connectivity index (χ3n) is 5.34. The number of benzene rings is 3. The van der Waals surface area contributed by atoms with Crippen LogP contribution in [0.25, 0.3) is 5.57 Å². The van der Waals surface area contributed by atoms with Crippen molar-refractivity contribution in [2.45, 2.75) is 39.4 Å². The molecule has 3 rings (SSSR count). The second-order valence-electron chi connectivity index (χ2n) is 7.83. The number of rotatable bonds is 9. The first kappa shape index (κ1) is 23.1. The van der Waals surface area contributed by atoms with Gasteiger partial charge in [0, 0.05) is 11.1 Å². The van der Waals surface area contributed by atoms with Crippen molar-refractivity contribution in [3.8, 4) is 11.5 Å². The summed E-state index contributed by atoms with van der Waals surface area (Å²) in [6.07, 6.45) is 0.647. The van der Waals surface area contributed by atoms with E-state index in [1.54, 1.807) is 24.3 Å². The Morgan fingerprint density at radius 1 is 1.06 bits per heavy atom. The molecule has 166 valence electrons. The Morgan fingerprint density at radius 3 is 2.41 bits per heavy atom. The number of phenolic OH excluding ortho intramolecular Hbond substituents is 1. The third-order valence-corrected chi connectivity index (χ3v) is 5.34. The van der Waals surface area contributed by atoms with Crippen LogP contribution in [0, 0.1) is 0 Å². The lowest BCUT2D eigenvalue weighted by molar-refractivity contribution is 0.0696. The van der Waals surface area contributed by atoms with Gasteiger partial charge in [-0.25, -0.2) is 4.79 Å². The number of aliphatic hydroxyl groups is 1. The van der Waals surface area contributed by atoms with Gasteiger partial charge < -0.3 is 20.1 Å². The number of aromatic hydroxyl groups is 1. The van der Waals surface area contributed by atoms with Gasteiger partial charge in [0.15, 0.2) is 0 Å². The van der Waals surface area contributed by atoms with E-state index in [1.165, 1.54) is 12.1 Å². The first-order valence-corrected chi connectivity index (χ1v) is 10.6. The largest absolute Gasteiger partial charge is 0.507 e. The molecule has 0 unspecified atom stereocenters. The molecule has 32 heavy (non-hydrogen) atoms. The molecular formula is C27H28O5. The summed E-state index contributed by atoms with van der Waals surface area (Å²) in [5.74, 6) is -0.167. The summed E-state index contributed by atoms with van der Waals surface area (Å²) in [6, 6.07) is 17.3. The maximum Gasteiger partial charge on any atom is 0.335 e. The van der Waals surface area contributed by atoms with Crippen molar-refractivity contribution >= 4 is 11.5 Å². The standard InChI is InChI=1S/C27H28O5/c1-4-6-23-24(14-13-22(17(2)3)26(23)29)32-16-18-9-11-19(12-10-18)25(28)20-7-5-8-21(15-20)27(30)31/h5,7-15,25,28-29H,2,4,6,16H2,1,3H3,(H,30,31)/t25-/m0/s1. The van der Waals surface area contributed by atoms with Crippen LogP contribution in [0.3, 0.4) is 0 Å². The highest BCUT2D eigenvalue weighted by atomic mass is 16.5. The van der Waals surface area contributed by atoms with Gasteiger partial charge in [0.25, 0.3) is 0 Å². The number of hydrogen-bond acceptors (Lipinski definition) is 4. The van der Waals surface area contributed by atoms with Crippen LogP contribution in [-0.4, -0.2) is 21.3 Å². The first-order chi connectivity index (χ1) is 15.3. The Labute approximate surface area is 188 Å². The zero-order chi connectivity index (χ0) is 23.3. The summed E-state index contributed by atoms with van der Waals surface area (Å²) in [7, 11) is 0. The monoisotopic (exact) mass is 432 g/mol. The van der Waals surface area contributed by atoms with Gasteiger partial charge in [-0.2, -0.15) is 0 Å². The molecule has 1 atom stereocenters. The van der Waals surface area contributed by atoms with E-state index in [9.17, 15) is 15.0 Å². The number of carbonyl (C=O) groups is 1. The number of hydrogen-bond donors (Lipinski definition) is 3. The highest BCUT2D eigenvalue weighted by molar-refractivity contribution is 5.87. The smallest absolute Gasteiger partial charge is 0.335 e. The lowest BCUT2D eigenvalue weighted by Gasteiger charge is -2.16. The number of allylic oxidation sites excluding steroid dienone is 1. The third kappa shape index (κ3) is 5.18. The molecule has 0 saturated heterocycles. The normalized spacial score (nSPS) is 11.7. The summed E-state index contributed by atoms with van der Waals surface area (Å²) in [6.45, 7) is 8.14.